The average Bonchev–Trinajstić information content (AvgIpc) is 2.01. The molecular formula is C7H13N2O2. The van der Waals surface area contributed by atoms with Crippen molar-refractivity contribution >= 4 is 12.8 Å². The number of hydrogen-bond acceptors (Lipinski definition) is 2. The first kappa shape index (κ1) is 9.94. The average molecular weight is 157 g/mol. The van der Waals surface area contributed by atoms with Crippen LogP contribution in [0.25, 0.3) is 0 Å². The van der Waals surface area contributed by atoms with Crippen molar-refractivity contribution in [1.29, 1.82) is 0 Å². The zero-order valence-electron chi connectivity index (χ0n) is 6.38. The molecule has 0 spiro atoms. The maximum Gasteiger partial charge on any atom is 0.208 e. The molecule has 0 atom stereocenters. The van der Waals surface area contributed by atoms with Gasteiger partial charge >= 0.3 is 0 Å². The van der Waals surface area contributed by atoms with Crippen LogP contribution in [-0.2, 0) is 9.59 Å². The first-order valence-electron chi connectivity index (χ1n) is 3.53. The molecule has 0 rings (SSSR count). The number of carbonyl (C=O) groups excluding carboxylic acids is 2. The van der Waals surface area contributed by atoms with Crippen LogP contribution < -0.4 is 10.6 Å². The van der Waals surface area contributed by atoms with Crippen molar-refractivity contribution < 1.29 is 9.59 Å². The summed E-state index contributed by atoms with van der Waals surface area (Å²) in [7, 11) is 0. The molecule has 11 heavy (non-hydrogen) atoms. The number of carbonyl (C=O) groups is 2. The monoisotopic (exact) mass is 157 g/mol. The smallest absolute Gasteiger partial charge is 0.208 e. The molecule has 0 fully saturated rings. The summed E-state index contributed by atoms with van der Waals surface area (Å²) in [6.45, 7) is 3.65. The molecule has 0 aromatic rings. The highest BCUT2D eigenvalue weighted by molar-refractivity contribution is 5.50. The van der Waals surface area contributed by atoms with Gasteiger partial charge in [-0.25, -0.2) is 0 Å². The first-order valence-corrected chi connectivity index (χ1v) is 3.53. The number of unbranched alkanes of at least 4 members (excludes halogenated alkanes) is 1. The third kappa shape index (κ3) is 5.39. The molecule has 0 saturated heterocycles. The fourth-order valence-electron chi connectivity index (χ4n) is 0.728. The van der Waals surface area contributed by atoms with Crippen LogP contribution in [0.4, 0.5) is 0 Å². The lowest BCUT2D eigenvalue weighted by atomic mass is 10.2. The summed E-state index contributed by atoms with van der Waals surface area (Å²) < 4.78 is 0. The van der Waals surface area contributed by atoms with Crippen LogP contribution in [0, 0.1) is 6.92 Å². The van der Waals surface area contributed by atoms with E-state index in [-0.39, 0.29) is 6.17 Å². The second kappa shape index (κ2) is 7.05. The van der Waals surface area contributed by atoms with E-state index in [1.807, 2.05) is 0 Å². The largest absolute Gasteiger partial charge is 0.339 e. The molecule has 0 aliphatic rings. The van der Waals surface area contributed by atoms with E-state index < -0.39 is 0 Å². The topological polar surface area (TPSA) is 58.2 Å². The fourth-order valence-corrected chi connectivity index (χ4v) is 0.728. The summed E-state index contributed by atoms with van der Waals surface area (Å²) in [5.41, 5.74) is 0. The Morgan fingerprint density at radius 2 is 1.82 bits per heavy atom. The minimum absolute atomic E-state index is 0.244. The van der Waals surface area contributed by atoms with Gasteiger partial charge in [0, 0.05) is 0 Å². The minimum atomic E-state index is -0.244. The third-order valence-corrected chi connectivity index (χ3v) is 1.28. The van der Waals surface area contributed by atoms with Crippen LogP contribution in [0.3, 0.4) is 0 Å². The van der Waals surface area contributed by atoms with Gasteiger partial charge in [0.15, 0.2) is 0 Å². The maximum absolute atomic E-state index is 9.97. The molecule has 1 radical (unpaired) electrons. The first-order chi connectivity index (χ1) is 5.35. The van der Waals surface area contributed by atoms with Gasteiger partial charge in [-0.3, -0.25) is 9.59 Å². The standard InChI is InChI=1S/C7H13N2O2/c1-2-3-4-7(8-5-10)9-6-11/h5-7H,1-4H2,(H,8,10)(H,9,11). The Balaban J connectivity index is 3.49. The molecule has 2 N–H and O–H groups in total. The van der Waals surface area contributed by atoms with E-state index in [0.29, 0.717) is 12.8 Å². The van der Waals surface area contributed by atoms with E-state index in [4.69, 9.17) is 0 Å². The van der Waals surface area contributed by atoms with Crippen molar-refractivity contribution in [3.8, 4) is 0 Å². The molecule has 2 amide bonds. The predicted molar refractivity (Wildman–Crippen MR) is 41.4 cm³/mol. The third-order valence-electron chi connectivity index (χ3n) is 1.28. The Hall–Kier alpha value is -1.06. The van der Waals surface area contributed by atoms with Crippen molar-refractivity contribution in [2.75, 3.05) is 0 Å². The SMILES string of the molecule is [CH2]CCCC(NC=O)NC=O. The van der Waals surface area contributed by atoms with E-state index in [0.717, 1.165) is 19.3 Å². The highest BCUT2D eigenvalue weighted by atomic mass is 16.1. The zero-order valence-corrected chi connectivity index (χ0v) is 6.38. The molecule has 0 aromatic heterocycles. The summed E-state index contributed by atoms with van der Waals surface area (Å²) in [6.07, 6.45) is 3.31. The van der Waals surface area contributed by atoms with E-state index in [2.05, 4.69) is 17.6 Å². The quantitative estimate of drug-likeness (QED) is 0.397. The molecule has 0 saturated carbocycles. The van der Waals surface area contributed by atoms with Crippen LogP contribution in [0.1, 0.15) is 19.3 Å². The number of amides is 2. The van der Waals surface area contributed by atoms with Crippen molar-refractivity contribution in [3.63, 3.8) is 0 Å². The molecule has 0 unspecified atom stereocenters. The van der Waals surface area contributed by atoms with E-state index in [1.165, 1.54) is 0 Å². The van der Waals surface area contributed by atoms with Crippen LogP contribution in [0.15, 0.2) is 0 Å². The van der Waals surface area contributed by atoms with Crippen molar-refractivity contribution in [3.05, 3.63) is 6.92 Å². The second-order valence-corrected chi connectivity index (χ2v) is 2.12. The minimum Gasteiger partial charge on any atom is -0.339 e. The Morgan fingerprint density at radius 3 is 2.18 bits per heavy atom. The Kier molecular flexibility index (Phi) is 6.37. The number of hydrogen-bond donors (Lipinski definition) is 2. The highest BCUT2D eigenvalue weighted by Crippen LogP contribution is 1.95. The summed E-state index contributed by atoms with van der Waals surface area (Å²) in [4.78, 5) is 19.9. The lowest BCUT2D eigenvalue weighted by Crippen LogP contribution is -2.40. The van der Waals surface area contributed by atoms with Gasteiger partial charge in [0.1, 0.15) is 6.17 Å². The molecule has 63 valence electrons. The van der Waals surface area contributed by atoms with Crippen molar-refractivity contribution in [2.24, 2.45) is 0 Å². The van der Waals surface area contributed by atoms with E-state index in [9.17, 15) is 9.59 Å². The normalized spacial score (nSPS) is 9.27. The maximum atomic E-state index is 9.97. The van der Waals surface area contributed by atoms with E-state index >= 15 is 0 Å². The molecule has 4 heteroatoms. The second-order valence-electron chi connectivity index (χ2n) is 2.12. The van der Waals surface area contributed by atoms with Gasteiger partial charge in [0.25, 0.3) is 0 Å². The zero-order chi connectivity index (χ0) is 8.53. The molecule has 0 aliphatic heterocycles. The van der Waals surface area contributed by atoms with Crippen molar-refractivity contribution in [1.82, 2.24) is 10.6 Å². The number of nitrogens with one attached hydrogen (secondary N) is 2. The Labute approximate surface area is 66.4 Å². The Morgan fingerprint density at radius 1 is 1.27 bits per heavy atom. The molecule has 0 heterocycles. The van der Waals surface area contributed by atoms with Crippen molar-refractivity contribution in [2.45, 2.75) is 25.4 Å². The summed E-state index contributed by atoms with van der Waals surface area (Å²) in [5.74, 6) is 0. The van der Waals surface area contributed by atoms with Crippen LogP contribution in [0.2, 0.25) is 0 Å². The fraction of sp³-hybridized carbons (Fsp3) is 0.571. The van der Waals surface area contributed by atoms with Crippen LogP contribution in [-0.4, -0.2) is 19.0 Å². The molecule has 4 nitrogen and oxygen atoms in total. The van der Waals surface area contributed by atoms with Gasteiger partial charge in [0.2, 0.25) is 12.8 Å². The van der Waals surface area contributed by atoms with Gasteiger partial charge in [-0.05, 0) is 12.8 Å². The van der Waals surface area contributed by atoms with Gasteiger partial charge in [-0.1, -0.05) is 13.3 Å². The Bertz CT molecular complexity index is 107. The van der Waals surface area contributed by atoms with Gasteiger partial charge < -0.3 is 10.6 Å². The lowest BCUT2D eigenvalue weighted by molar-refractivity contribution is -0.112. The molecule has 0 bridgehead atoms. The van der Waals surface area contributed by atoms with Crippen LogP contribution in [0.5, 0.6) is 0 Å². The lowest BCUT2D eigenvalue weighted by Gasteiger charge is -2.13. The van der Waals surface area contributed by atoms with E-state index in [1.54, 1.807) is 0 Å². The van der Waals surface area contributed by atoms with Gasteiger partial charge in [-0.15, -0.1) is 0 Å². The number of rotatable bonds is 7. The predicted octanol–water partition coefficient (Wildman–Crippen LogP) is -0.191. The van der Waals surface area contributed by atoms with Gasteiger partial charge in [0.05, 0.1) is 0 Å². The summed E-state index contributed by atoms with van der Waals surface area (Å²) in [5, 5.41) is 4.94. The highest BCUT2D eigenvalue weighted by Gasteiger charge is 2.02. The van der Waals surface area contributed by atoms with Crippen LogP contribution >= 0.6 is 0 Å². The molecule has 0 aliphatic carbocycles. The molecule has 0 aromatic carbocycles. The van der Waals surface area contributed by atoms with Gasteiger partial charge in [-0.2, -0.15) is 0 Å². The summed E-state index contributed by atoms with van der Waals surface area (Å²) in [6, 6.07) is 0. The summed E-state index contributed by atoms with van der Waals surface area (Å²) >= 11 is 0. The molecular weight excluding hydrogens is 144 g/mol.